The van der Waals surface area contributed by atoms with Crippen molar-refractivity contribution in [3.8, 4) is 0 Å². The monoisotopic (exact) mass is 464 g/mol. The molecule has 0 aromatic heterocycles. The van der Waals surface area contributed by atoms with Crippen LogP contribution < -0.4 is 11.1 Å². The van der Waals surface area contributed by atoms with Crippen molar-refractivity contribution in [3.63, 3.8) is 0 Å². The molecule has 6 atom stereocenters. The zero-order valence-electron chi connectivity index (χ0n) is 19.1. The lowest BCUT2D eigenvalue weighted by molar-refractivity contribution is -0.793. The van der Waals surface area contributed by atoms with Gasteiger partial charge in [0.05, 0.1) is 12.6 Å². The first-order chi connectivity index (χ1) is 14.4. The topological polar surface area (TPSA) is 156 Å². The van der Waals surface area contributed by atoms with Crippen LogP contribution in [0.3, 0.4) is 0 Å². The maximum atomic E-state index is 13.0. The Bertz CT molecular complexity index is 690. The molecule has 1 heterocycles. The molecule has 3 amide bonds. The van der Waals surface area contributed by atoms with Crippen LogP contribution in [-0.4, -0.2) is 62.9 Å². The molecule has 1 saturated heterocycles. The molecule has 3 unspecified atom stereocenters. The van der Waals surface area contributed by atoms with Crippen molar-refractivity contribution in [2.45, 2.75) is 103 Å². The highest BCUT2D eigenvalue weighted by molar-refractivity contribution is 7.53. The van der Waals surface area contributed by atoms with Crippen LogP contribution in [0.5, 0.6) is 0 Å². The highest BCUT2D eigenvalue weighted by atomic mass is 31.2. The van der Waals surface area contributed by atoms with E-state index in [4.69, 9.17) is 10.3 Å². The molecule has 1 fully saturated rings. The van der Waals surface area contributed by atoms with Gasteiger partial charge in [0, 0.05) is 12.8 Å². The summed E-state index contributed by atoms with van der Waals surface area (Å²) in [5, 5.41) is 12.2. The third-order valence-corrected chi connectivity index (χ3v) is 7.81. The summed E-state index contributed by atoms with van der Waals surface area (Å²) in [6, 6.07) is -1.27. The number of nitrogens with two attached hydrogens (primary N) is 1. The molecule has 0 bridgehead atoms. The molecular formula is C20H39N3O7P+. The van der Waals surface area contributed by atoms with Gasteiger partial charge in [-0.05, 0) is 26.7 Å². The van der Waals surface area contributed by atoms with Gasteiger partial charge in [0.25, 0.3) is 0 Å². The maximum Gasteiger partial charge on any atom is 0.521 e. The largest absolute Gasteiger partial charge is 0.521 e. The fraction of sp³-hybridized carbons (Fsp3) is 0.850. The minimum Gasteiger partial charge on any atom is -0.435 e. The third-order valence-electron chi connectivity index (χ3n) is 6.02. The quantitative estimate of drug-likeness (QED) is 0.254. The van der Waals surface area contributed by atoms with Crippen LogP contribution in [0.15, 0.2) is 0 Å². The minimum absolute atomic E-state index is 0.112. The summed E-state index contributed by atoms with van der Waals surface area (Å²) in [4.78, 5) is 48.0. The van der Waals surface area contributed by atoms with Gasteiger partial charge in [-0.3, -0.25) is 13.9 Å². The number of unbranched alkanes of at least 4 members (excludes halogenated alkanes) is 2. The summed E-state index contributed by atoms with van der Waals surface area (Å²) in [5.74, 6) is -2.54. The fourth-order valence-electron chi connectivity index (χ4n) is 3.99. The van der Waals surface area contributed by atoms with Crippen molar-refractivity contribution in [1.82, 2.24) is 5.32 Å². The molecule has 1 aliphatic heterocycles. The Morgan fingerprint density at radius 3 is 2.29 bits per heavy atom. The van der Waals surface area contributed by atoms with E-state index in [-0.39, 0.29) is 13.0 Å². The second kappa shape index (κ2) is 12.1. The van der Waals surface area contributed by atoms with Gasteiger partial charge < -0.3 is 21.1 Å². The van der Waals surface area contributed by atoms with E-state index >= 15 is 0 Å². The Labute approximate surface area is 184 Å². The number of likely N-dealkylation sites (tertiary alicyclic amines) is 1. The average Bonchev–Trinajstić information content (AvgIpc) is 3.10. The highest BCUT2D eigenvalue weighted by Gasteiger charge is 2.55. The molecule has 0 saturated carbocycles. The molecule has 0 aromatic carbocycles. The molecule has 0 radical (unpaired) electrons. The minimum atomic E-state index is -4.49. The third kappa shape index (κ3) is 6.83. The lowest BCUT2D eigenvalue weighted by Gasteiger charge is -2.33. The zero-order chi connectivity index (χ0) is 23.8. The summed E-state index contributed by atoms with van der Waals surface area (Å²) < 4.78 is 17.5. The Balaban J connectivity index is 2.98. The van der Waals surface area contributed by atoms with Crippen molar-refractivity contribution in [2.75, 3.05) is 6.54 Å². The number of carboxylic acid groups (broad SMARTS) is 1. The van der Waals surface area contributed by atoms with Gasteiger partial charge in [0.2, 0.25) is 5.91 Å². The van der Waals surface area contributed by atoms with E-state index < -0.39 is 54.0 Å². The molecule has 180 valence electrons. The van der Waals surface area contributed by atoms with Gasteiger partial charge in [-0.25, -0.2) is 4.79 Å². The number of quaternary nitrogens is 1. The average molecular weight is 465 g/mol. The predicted molar refractivity (Wildman–Crippen MR) is 116 cm³/mol. The van der Waals surface area contributed by atoms with Crippen LogP contribution in [0, 0.1) is 0 Å². The summed E-state index contributed by atoms with van der Waals surface area (Å²) in [5.41, 5.74) is 5.88. The molecule has 5 N–H and O–H groups in total. The standard InChI is InChI=1S/C20H38N3O7P/c1-5-7-11-16(21)18(24)22-17(12-8-6-2)31(28,29)30-15(4)19(25)23(20(26)27)13-9-10-14(23)3/h14-17H,5-13,21H2,1-4H3,(H2-,22,24,26,27,28,29)/p+1/t14-,15?,16+,17+,23?/m1/s1. The number of carbonyl (C=O) groups is 3. The van der Waals surface area contributed by atoms with Gasteiger partial charge in [-0.2, -0.15) is 9.28 Å². The first-order valence-corrected chi connectivity index (χ1v) is 12.8. The van der Waals surface area contributed by atoms with Crippen molar-refractivity contribution >= 4 is 25.5 Å². The second-order valence-electron chi connectivity index (χ2n) is 8.43. The fourth-order valence-corrected chi connectivity index (χ4v) is 5.48. The SMILES string of the molecule is CCCC[C@H](N)C(=O)N[C@H](CCCC)P(=O)(O)OC(C)C(=O)[N+]1(C(=O)O)CCC[C@H]1C. The number of rotatable bonds is 12. The second-order valence-corrected chi connectivity index (χ2v) is 10.4. The van der Waals surface area contributed by atoms with Crippen molar-refractivity contribution in [2.24, 2.45) is 5.73 Å². The lowest BCUT2D eigenvalue weighted by Crippen LogP contribution is -2.61. The zero-order valence-corrected chi connectivity index (χ0v) is 20.0. The van der Waals surface area contributed by atoms with E-state index in [0.717, 1.165) is 19.3 Å². The molecule has 31 heavy (non-hydrogen) atoms. The van der Waals surface area contributed by atoms with Gasteiger partial charge in [0.15, 0.2) is 6.10 Å². The molecular weight excluding hydrogens is 425 g/mol. The van der Waals surface area contributed by atoms with Gasteiger partial charge >= 0.3 is 19.6 Å². The molecule has 0 aromatic rings. The molecule has 10 nitrogen and oxygen atoms in total. The smallest absolute Gasteiger partial charge is 0.435 e. The Kier molecular flexibility index (Phi) is 10.8. The molecule has 1 rings (SSSR count). The van der Waals surface area contributed by atoms with Crippen LogP contribution in [0.25, 0.3) is 0 Å². The summed E-state index contributed by atoms with van der Waals surface area (Å²) in [6.45, 7) is 6.94. The number of nitrogens with one attached hydrogen (secondary N) is 1. The lowest BCUT2D eigenvalue weighted by atomic mass is 10.1. The van der Waals surface area contributed by atoms with Crippen LogP contribution >= 0.6 is 7.60 Å². The molecule has 0 spiro atoms. The molecule has 11 heteroatoms. The van der Waals surface area contributed by atoms with Crippen molar-refractivity contribution in [1.29, 1.82) is 0 Å². The number of hydrogen-bond donors (Lipinski definition) is 4. The van der Waals surface area contributed by atoms with Gasteiger partial charge in [-0.15, -0.1) is 0 Å². The first kappa shape index (κ1) is 27.7. The first-order valence-electron chi connectivity index (χ1n) is 11.2. The van der Waals surface area contributed by atoms with E-state index in [9.17, 15) is 28.9 Å². The molecule has 1 aliphatic rings. The number of amides is 3. The number of imide groups is 1. The predicted octanol–water partition coefficient (Wildman–Crippen LogP) is 2.93. The van der Waals surface area contributed by atoms with Gasteiger partial charge in [-0.1, -0.05) is 39.5 Å². The number of hydrogen-bond acceptors (Lipinski definition) is 6. The summed E-state index contributed by atoms with van der Waals surface area (Å²) >= 11 is 0. The normalized spacial score (nSPS) is 25.9. The van der Waals surface area contributed by atoms with E-state index in [1.807, 2.05) is 13.8 Å². The number of carbonyl (C=O) groups excluding carboxylic acids is 2. The Morgan fingerprint density at radius 1 is 1.23 bits per heavy atom. The van der Waals surface area contributed by atoms with Crippen molar-refractivity contribution in [3.05, 3.63) is 0 Å². The molecule has 0 aliphatic carbocycles. The maximum absolute atomic E-state index is 13.0. The summed E-state index contributed by atoms with van der Waals surface area (Å²) in [7, 11) is -4.49. The van der Waals surface area contributed by atoms with E-state index in [2.05, 4.69) is 5.32 Å². The summed E-state index contributed by atoms with van der Waals surface area (Å²) in [6.07, 6.45) is 1.91. The number of nitrogens with zero attached hydrogens (tertiary/aromatic N) is 1. The Hall–Kier alpha value is -1.32. The van der Waals surface area contributed by atoms with Crippen LogP contribution in [-0.2, 0) is 18.7 Å². The van der Waals surface area contributed by atoms with Crippen LogP contribution in [0.4, 0.5) is 4.79 Å². The van der Waals surface area contributed by atoms with Crippen LogP contribution in [0.2, 0.25) is 0 Å². The van der Waals surface area contributed by atoms with Crippen LogP contribution in [0.1, 0.15) is 79.1 Å². The highest BCUT2D eigenvalue weighted by Crippen LogP contribution is 2.50. The van der Waals surface area contributed by atoms with E-state index in [1.54, 1.807) is 6.92 Å². The van der Waals surface area contributed by atoms with Crippen molar-refractivity contribution < 1.29 is 38.0 Å². The van der Waals surface area contributed by atoms with E-state index in [1.165, 1.54) is 6.92 Å². The Morgan fingerprint density at radius 2 is 1.81 bits per heavy atom. The van der Waals surface area contributed by atoms with E-state index in [0.29, 0.717) is 25.7 Å². The van der Waals surface area contributed by atoms with Gasteiger partial charge in [0.1, 0.15) is 11.8 Å².